The van der Waals surface area contributed by atoms with Gasteiger partial charge in [-0.05, 0) is 6.92 Å². The van der Waals surface area contributed by atoms with Crippen molar-refractivity contribution >= 4 is 5.97 Å². The highest BCUT2D eigenvalue weighted by Crippen LogP contribution is 2.13. The van der Waals surface area contributed by atoms with Crippen LogP contribution in [0.4, 0.5) is 0 Å². The minimum Gasteiger partial charge on any atom is -0.481 e. The van der Waals surface area contributed by atoms with E-state index < -0.39 is 5.97 Å². The van der Waals surface area contributed by atoms with Gasteiger partial charge in [0.25, 0.3) is 0 Å². The normalized spacial score (nSPS) is 8.57. The molecule has 1 aromatic rings. The summed E-state index contributed by atoms with van der Waals surface area (Å²) in [5.41, 5.74) is 0.319. The smallest absolute Gasteiger partial charge is 0.345 e. The molecule has 0 saturated carbocycles. The summed E-state index contributed by atoms with van der Waals surface area (Å²) < 4.78 is 9.58. The fourth-order valence-electron chi connectivity index (χ4n) is 0.784. The van der Waals surface area contributed by atoms with E-state index in [9.17, 15) is 4.79 Å². The number of nitrogens with one attached hydrogen (secondary N) is 1. The van der Waals surface area contributed by atoms with Gasteiger partial charge in [0.1, 0.15) is 5.56 Å². The Labute approximate surface area is 83.4 Å². The maximum atomic E-state index is 11.1. The molecule has 80 valence electrons. The summed E-state index contributed by atoms with van der Waals surface area (Å²) in [6, 6.07) is 0. The summed E-state index contributed by atoms with van der Waals surface area (Å²) in [5.74, 6) is -0.100. The van der Waals surface area contributed by atoms with Crippen LogP contribution in [0, 0.1) is 0 Å². The number of aromatic nitrogens is 2. The summed E-state index contributed by atoms with van der Waals surface area (Å²) in [5, 5.41) is 6.17. The molecular formula is C9H16N2O3. The maximum absolute atomic E-state index is 11.1. The lowest BCUT2D eigenvalue weighted by molar-refractivity contribution is 0.0523. The molecule has 0 radical (unpaired) electrons. The van der Waals surface area contributed by atoms with Crippen molar-refractivity contribution in [1.82, 2.24) is 10.2 Å². The van der Waals surface area contributed by atoms with Gasteiger partial charge in [-0.1, -0.05) is 13.8 Å². The first kappa shape index (κ1) is 12.5. The number of esters is 1. The summed E-state index contributed by atoms with van der Waals surface area (Å²) in [6.07, 6.45) is 1.37. The third-order valence-corrected chi connectivity index (χ3v) is 1.30. The van der Waals surface area contributed by atoms with Gasteiger partial charge < -0.3 is 9.47 Å². The number of rotatable bonds is 3. The van der Waals surface area contributed by atoms with Crippen molar-refractivity contribution < 1.29 is 14.3 Å². The van der Waals surface area contributed by atoms with E-state index >= 15 is 0 Å². The molecule has 1 aromatic heterocycles. The maximum Gasteiger partial charge on any atom is 0.345 e. The van der Waals surface area contributed by atoms with Crippen LogP contribution < -0.4 is 4.74 Å². The molecule has 0 fully saturated rings. The first-order valence-corrected chi connectivity index (χ1v) is 4.54. The summed E-state index contributed by atoms with van der Waals surface area (Å²) >= 11 is 0. The molecule has 5 heteroatoms. The van der Waals surface area contributed by atoms with E-state index in [0.717, 1.165) is 0 Å². The van der Waals surface area contributed by atoms with E-state index in [0.29, 0.717) is 18.1 Å². The van der Waals surface area contributed by atoms with E-state index in [4.69, 9.17) is 9.47 Å². The molecule has 0 spiro atoms. The van der Waals surface area contributed by atoms with Crippen molar-refractivity contribution in [3.8, 4) is 5.88 Å². The van der Waals surface area contributed by atoms with Gasteiger partial charge >= 0.3 is 5.97 Å². The minimum atomic E-state index is -0.428. The van der Waals surface area contributed by atoms with Crippen LogP contribution in [0.3, 0.4) is 0 Å². The molecule has 0 amide bonds. The first-order valence-electron chi connectivity index (χ1n) is 4.54. The van der Waals surface area contributed by atoms with Gasteiger partial charge in [-0.15, -0.1) is 0 Å². The number of aromatic amines is 1. The average Bonchev–Trinajstić information content (AvgIpc) is 2.69. The Morgan fingerprint density at radius 2 is 2.21 bits per heavy atom. The predicted octanol–water partition coefficient (Wildman–Crippen LogP) is 1.62. The van der Waals surface area contributed by atoms with Crippen molar-refractivity contribution in [3.63, 3.8) is 0 Å². The molecule has 0 bridgehead atoms. The molecule has 1 rings (SSSR count). The van der Waals surface area contributed by atoms with Crippen LogP contribution in [0.5, 0.6) is 5.88 Å². The number of hydrogen-bond acceptors (Lipinski definition) is 4. The molecule has 0 atom stereocenters. The quantitative estimate of drug-likeness (QED) is 0.753. The monoisotopic (exact) mass is 200 g/mol. The van der Waals surface area contributed by atoms with E-state index in [1.807, 2.05) is 13.8 Å². The second-order valence-corrected chi connectivity index (χ2v) is 2.04. The van der Waals surface area contributed by atoms with Crippen molar-refractivity contribution in [1.29, 1.82) is 0 Å². The van der Waals surface area contributed by atoms with Gasteiger partial charge in [0, 0.05) is 0 Å². The number of H-pyrrole nitrogens is 1. The number of methoxy groups -OCH3 is 1. The van der Waals surface area contributed by atoms with Crippen molar-refractivity contribution in [2.75, 3.05) is 13.7 Å². The molecule has 14 heavy (non-hydrogen) atoms. The second-order valence-electron chi connectivity index (χ2n) is 2.04. The Morgan fingerprint density at radius 3 is 2.71 bits per heavy atom. The summed E-state index contributed by atoms with van der Waals surface area (Å²) in [7, 11) is 1.45. The molecule has 0 aliphatic rings. The highest BCUT2D eigenvalue weighted by molar-refractivity contribution is 5.91. The lowest BCUT2D eigenvalue weighted by Crippen LogP contribution is -2.04. The fourth-order valence-corrected chi connectivity index (χ4v) is 0.784. The van der Waals surface area contributed by atoms with E-state index in [1.165, 1.54) is 13.3 Å². The van der Waals surface area contributed by atoms with Crippen molar-refractivity contribution in [2.45, 2.75) is 20.8 Å². The van der Waals surface area contributed by atoms with Gasteiger partial charge in [-0.2, -0.15) is 5.10 Å². The zero-order valence-corrected chi connectivity index (χ0v) is 8.96. The third-order valence-electron chi connectivity index (χ3n) is 1.30. The Morgan fingerprint density at radius 1 is 1.57 bits per heavy atom. The Bertz CT molecular complexity index is 271. The van der Waals surface area contributed by atoms with E-state index in [2.05, 4.69) is 10.2 Å². The van der Waals surface area contributed by atoms with Gasteiger partial charge in [0.15, 0.2) is 0 Å². The molecule has 0 saturated heterocycles. The van der Waals surface area contributed by atoms with Crippen LogP contribution in [0.25, 0.3) is 0 Å². The van der Waals surface area contributed by atoms with E-state index in [-0.39, 0.29) is 0 Å². The van der Waals surface area contributed by atoms with Crippen LogP contribution >= 0.6 is 0 Å². The number of ether oxygens (including phenoxy) is 2. The third kappa shape index (κ3) is 3.08. The Balaban J connectivity index is 0.000000791. The van der Waals surface area contributed by atoms with Gasteiger partial charge in [-0.3, -0.25) is 0 Å². The van der Waals surface area contributed by atoms with Crippen LogP contribution in [0.15, 0.2) is 6.20 Å². The standard InChI is InChI=1S/C7H10N2O3.C2H6/c1-3-12-7(10)5-4-8-9-6(5)11-2;1-2/h4H,3H2,1-2H3,(H,8,9);1-2H3. The van der Waals surface area contributed by atoms with Gasteiger partial charge in [0.05, 0.1) is 19.9 Å². The van der Waals surface area contributed by atoms with Gasteiger partial charge in [-0.25, -0.2) is 9.89 Å². The summed E-state index contributed by atoms with van der Waals surface area (Å²) in [4.78, 5) is 11.1. The van der Waals surface area contributed by atoms with Crippen LogP contribution in [0.1, 0.15) is 31.1 Å². The zero-order chi connectivity index (χ0) is 11.0. The number of nitrogens with zero attached hydrogens (tertiary/aromatic N) is 1. The van der Waals surface area contributed by atoms with Crippen LogP contribution in [-0.2, 0) is 4.74 Å². The molecule has 0 aliphatic carbocycles. The lowest BCUT2D eigenvalue weighted by atomic mass is 10.3. The molecule has 1 heterocycles. The number of carbonyl (C=O) groups is 1. The molecule has 0 aliphatic heterocycles. The lowest BCUT2D eigenvalue weighted by Gasteiger charge is -2.00. The summed E-state index contributed by atoms with van der Waals surface area (Å²) in [6.45, 7) is 6.08. The van der Waals surface area contributed by atoms with Crippen molar-refractivity contribution in [2.24, 2.45) is 0 Å². The Kier molecular flexibility index (Phi) is 6.19. The van der Waals surface area contributed by atoms with Crippen LogP contribution in [0.2, 0.25) is 0 Å². The second kappa shape index (κ2) is 6.94. The van der Waals surface area contributed by atoms with E-state index in [1.54, 1.807) is 6.92 Å². The predicted molar refractivity (Wildman–Crippen MR) is 52.4 cm³/mol. The fraction of sp³-hybridized carbons (Fsp3) is 0.556. The highest BCUT2D eigenvalue weighted by Gasteiger charge is 2.14. The highest BCUT2D eigenvalue weighted by atomic mass is 16.5. The SMILES string of the molecule is CC.CCOC(=O)c1cn[nH]c1OC. The number of carbonyl (C=O) groups excluding carboxylic acids is 1. The largest absolute Gasteiger partial charge is 0.481 e. The molecule has 0 unspecified atom stereocenters. The first-order chi connectivity index (χ1) is 6.79. The zero-order valence-electron chi connectivity index (χ0n) is 8.96. The van der Waals surface area contributed by atoms with Gasteiger partial charge in [0.2, 0.25) is 5.88 Å². The minimum absolute atomic E-state index is 0.319. The van der Waals surface area contributed by atoms with Crippen LogP contribution in [-0.4, -0.2) is 29.9 Å². The average molecular weight is 200 g/mol. The molecule has 5 nitrogen and oxygen atoms in total. The number of hydrogen-bond donors (Lipinski definition) is 1. The topological polar surface area (TPSA) is 64.2 Å². The molecular weight excluding hydrogens is 184 g/mol. The molecule has 1 N–H and O–H groups in total. The Hall–Kier alpha value is -1.52. The van der Waals surface area contributed by atoms with Crippen molar-refractivity contribution in [3.05, 3.63) is 11.8 Å². The molecule has 0 aromatic carbocycles.